The van der Waals surface area contributed by atoms with Crippen molar-refractivity contribution in [3.63, 3.8) is 0 Å². The average Bonchev–Trinajstić information content (AvgIpc) is 2.65. The van der Waals surface area contributed by atoms with Gasteiger partial charge in [0.05, 0.1) is 0 Å². The van der Waals surface area contributed by atoms with Gasteiger partial charge >= 0.3 is 11.9 Å². The van der Waals surface area contributed by atoms with E-state index in [9.17, 15) is 19.8 Å². The van der Waals surface area contributed by atoms with Crippen LogP contribution < -0.4 is 0 Å². The Morgan fingerprint density at radius 1 is 1.44 bits per heavy atom. The fraction of sp³-hybridized carbons (Fsp3) is 0.636. The van der Waals surface area contributed by atoms with E-state index in [-0.39, 0.29) is 6.42 Å². The molecule has 0 spiro atoms. The van der Waals surface area contributed by atoms with Crippen LogP contribution in [-0.4, -0.2) is 46.1 Å². The van der Waals surface area contributed by atoms with E-state index in [2.05, 4.69) is 9.47 Å². The molecule has 0 saturated carbocycles. The molecule has 0 aromatic rings. The van der Waals surface area contributed by atoms with Crippen LogP contribution in [0.4, 0.5) is 0 Å². The highest BCUT2D eigenvalue weighted by molar-refractivity contribution is 5.89. The summed E-state index contributed by atoms with van der Waals surface area (Å²) in [6.07, 6.45) is -2.66. The van der Waals surface area contributed by atoms with Crippen molar-refractivity contribution >= 4 is 11.9 Å². The Kier molecular flexibility index (Phi) is 6.81. The Morgan fingerprint density at radius 2 is 2.00 bits per heavy atom. The minimum atomic E-state index is -1.41. The number of aliphatic hydroxyl groups is 3. The zero-order valence-corrected chi connectivity index (χ0v) is 10.5. The molecule has 0 fully saturated rings. The first-order valence-corrected chi connectivity index (χ1v) is 5.64. The Morgan fingerprint density at radius 3 is 2.39 bits per heavy atom. The second kappa shape index (κ2) is 7.54. The van der Waals surface area contributed by atoms with Gasteiger partial charge in [-0.15, -0.1) is 0 Å². The molecular formula is C11H18O7. The van der Waals surface area contributed by atoms with Gasteiger partial charge in [0.1, 0.15) is 12.7 Å². The largest absolute Gasteiger partial charge is 0.505 e. The van der Waals surface area contributed by atoms with E-state index in [4.69, 9.17) is 5.11 Å². The van der Waals surface area contributed by atoms with E-state index in [0.717, 1.165) is 0 Å². The van der Waals surface area contributed by atoms with Gasteiger partial charge in [0.25, 0.3) is 0 Å². The number of hydrogen-bond donors (Lipinski definition) is 3. The molecule has 7 heteroatoms. The molecule has 18 heavy (non-hydrogen) atoms. The predicted octanol–water partition coefficient (Wildman–Crippen LogP) is 0.580. The predicted molar refractivity (Wildman–Crippen MR) is 60.8 cm³/mol. The van der Waals surface area contributed by atoms with Crippen LogP contribution in [0.1, 0.15) is 27.2 Å². The number of cyclic esters (lactones) is 1. The number of hydrogen-bond acceptors (Lipinski definition) is 7. The maximum atomic E-state index is 10.8. The minimum Gasteiger partial charge on any atom is -0.505 e. The molecule has 1 heterocycles. The van der Waals surface area contributed by atoms with Crippen molar-refractivity contribution in [2.75, 3.05) is 6.61 Å². The Balaban J connectivity index is 0.00000137. The zero-order chi connectivity index (χ0) is 14.3. The molecule has 0 radical (unpaired) electrons. The van der Waals surface area contributed by atoms with Crippen molar-refractivity contribution in [1.29, 1.82) is 0 Å². The topological polar surface area (TPSA) is 113 Å². The maximum absolute atomic E-state index is 10.8. The van der Waals surface area contributed by atoms with E-state index in [0.29, 0.717) is 0 Å². The smallest absolute Gasteiger partial charge is 0.377 e. The molecule has 0 aromatic carbocycles. The van der Waals surface area contributed by atoms with Gasteiger partial charge in [-0.25, -0.2) is 4.79 Å². The van der Waals surface area contributed by atoms with Crippen LogP contribution in [-0.2, 0) is 19.1 Å². The third-order valence-corrected chi connectivity index (χ3v) is 1.99. The molecule has 0 aromatic heterocycles. The number of ether oxygens (including phenoxy) is 2. The van der Waals surface area contributed by atoms with Gasteiger partial charge in [-0.3, -0.25) is 4.79 Å². The van der Waals surface area contributed by atoms with Crippen molar-refractivity contribution in [2.45, 2.75) is 39.4 Å². The lowest BCUT2D eigenvalue weighted by atomic mass is 10.2. The lowest BCUT2D eigenvalue weighted by Gasteiger charge is -2.16. The molecule has 2 atom stereocenters. The second-order valence-electron chi connectivity index (χ2n) is 3.16. The summed E-state index contributed by atoms with van der Waals surface area (Å²) in [5.41, 5.74) is 0. The summed E-state index contributed by atoms with van der Waals surface area (Å²) in [5.74, 6) is -3.35. The van der Waals surface area contributed by atoms with E-state index in [1.807, 2.05) is 13.8 Å². The van der Waals surface area contributed by atoms with Crippen LogP contribution in [0.3, 0.4) is 0 Å². The fourth-order valence-corrected chi connectivity index (χ4v) is 1.09. The summed E-state index contributed by atoms with van der Waals surface area (Å²) in [7, 11) is 0. The number of rotatable bonds is 4. The van der Waals surface area contributed by atoms with Crippen LogP contribution in [0.15, 0.2) is 11.5 Å². The molecule has 0 saturated heterocycles. The zero-order valence-electron chi connectivity index (χ0n) is 10.5. The molecular weight excluding hydrogens is 244 g/mol. The van der Waals surface area contributed by atoms with Gasteiger partial charge < -0.3 is 24.8 Å². The molecule has 0 bridgehead atoms. The fourth-order valence-electron chi connectivity index (χ4n) is 1.09. The highest BCUT2D eigenvalue weighted by atomic mass is 16.6. The highest BCUT2D eigenvalue weighted by Crippen LogP contribution is 2.21. The number of esters is 2. The first-order chi connectivity index (χ1) is 8.47. The highest BCUT2D eigenvalue weighted by Gasteiger charge is 2.39. The molecule has 0 aliphatic carbocycles. The van der Waals surface area contributed by atoms with Crippen LogP contribution in [0.25, 0.3) is 0 Å². The van der Waals surface area contributed by atoms with Gasteiger partial charge in [-0.05, 0) is 0 Å². The summed E-state index contributed by atoms with van der Waals surface area (Å²) in [4.78, 5) is 21.6. The molecule has 1 aliphatic heterocycles. The van der Waals surface area contributed by atoms with Gasteiger partial charge in [0.2, 0.25) is 5.76 Å². The molecule has 1 aliphatic rings. The van der Waals surface area contributed by atoms with Gasteiger partial charge in [0.15, 0.2) is 11.9 Å². The number of carbonyl (C=O) groups is 2. The summed E-state index contributed by atoms with van der Waals surface area (Å²) in [6, 6.07) is 0. The number of aliphatic hydroxyl groups excluding tert-OH is 3. The van der Waals surface area contributed by atoms with Crippen molar-refractivity contribution in [3.05, 3.63) is 11.5 Å². The lowest BCUT2D eigenvalue weighted by Crippen LogP contribution is -2.33. The monoisotopic (exact) mass is 262 g/mol. The van der Waals surface area contributed by atoms with Crippen molar-refractivity contribution in [3.8, 4) is 0 Å². The standard InChI is InChI=1S/C9H12O7.C2H6/c1-2-5(11)15-3-4(10)8-6(12)7(13)9(14)16-8;1-2/h4,8,10,12-13H,2-3H2,1H3;1-2H3. The summed E-state index contributed by atoms with van der Waals surface area (Å²) in [5, 5.41) is 27.6. The Bertz CT molecular complexity index is 334. The SMILES string of the molecule is CC.CCC(=O)OCC(O)C1OC(=O)C(O)=C1O. The Labute approximate surface area is 105 Å². The van der Waals surface area contributed by atoms with Gasteiger partial charge in [-0.1, -0.05) is 20.8 Å². The van der Waals surface area contributed by atoms with E-state index < -0.39 is 42.3 Å². The molecule has 104 valence electrons. The summed E-state index contributed by atoms with van der Waals surface area (Å²) in [6.45, 7) is 5.15. The first-order valence-electron chi connectivity index (χ1n) is 5.64. The van der Waals surface area contributed by atoms with Gasteiger partial charge in [-0.2, -0.15) is 0 Å². The van der Waals surface area contributed by atoms with Crippen LogP contribution in [0, 0.1) is 0 Å². The summed E-state index contributed by atoms with van der Waals surface area (Å²) < 4.78 is 9.05. The second-order valence-corrected chi connectivity index (χ2v) is 3.16. The van der Waals surface area contributed by atoms with E-state index in [1.54, 1.807) is 6.92 Å². The average molecular weight is 262 g/mol. The molecule has 1 rings (SSSR count). The molecule has 7 nitrogen and oxygen atoms in total. The van der Waals surface area contributed by atoms with Crippen LogP contribution in [0.2, 0.25) is 0 Å². The first kappa shape index (κ1) is 16.2. The van der Waals surface area contributed by atoms with Crippen LogP contribution in [0.5, 0.6) is 0 Å². The quantitative estimate of drug-likeness (QED) is 0.635. The Hall–Kier alpha value is -1.76. The van der Waals surface area contributed by atoms with Crippen molar-refractivity contribution < 1.29 is 34.4 Å². The summed E-state index contributed by atoms with van der Waals surface area (Å²) >= 11 is 0. The van der Waals surface area contributed by atoms with Crippen LogP contribution >= 0.6 is 0 Å². The van der Waals surface area contributed by atoms with Crippen molar-refractivity contribution in [2.24, 2.45) is 0 Å². The maximum Gasteiger partial charge on any atom is 0.377 e. The third kappa shape index (κ3) is 3.92. The minimum absolute atomic E-state index is 0.143. The third-order valence-electron chi connectivity index (χ3n) is 1.99. The molecule has 2 unspecified atom stereocenters. The lowest BCUT2D eigenvalue weighted by molar-refractivity contribution is -0.154. The van der Waals surface area contributed by atoms with Gasteiger partial charge in [0, 0.05) is 6.42 Å². The molecule has 3 N–H and O–H groups in total. The van der Waals surface area contributed by atoms with E-state index in [1.165, 1.54) is 0 Å². The van der Waals surface area contributed by atoms with Crippen molar-refractivity contribution in [1.82, 2.24) is 0 Å². The van der Waals surface area contributed by atoms with E-state index >= 15 is 0 Å². The number of carbonyl (C=O) groups excluding carboxylic acids is 2. The molecule has 0 amide bonds. The normalized spacial score (nSPS) is 19.8.